The Bertz CT molecular complexity index is 1850. The van der Waals surface area contributed by atoms with Crippen molar-refractivity contribution >= 4 is 48.2 Å². The molecule has 0 amide bonds. The van der Waals surface area contributed by atoms with Gasteiger partial charge in [0.05, 0.1) is 0 Å². The van der Waals surface area contributed by atoms with Crippen LogP contribution in [-0.2, 0) is 0 Å². The van der Waals surface area contributed by atoms with E-state index in [1.807, 2.05) is 0 Å². The van der Waals surface area contributed by atoms with E-state index in [-0.39, 0.29) is 0 Å². The summed E-state index contributed by atoms with van der Waals surface area (Å²) in [6.45, 7) is 0. The SMILES string of the molecule is Brc1ccc(-c2ccc(-c3c4ccccc4c(-c4cccc5ccccc45)c4ccccc34)cc2)cc1. The van der Waals surface area contributed by atoms with E-state index >= 15 is 0 Å². The Hall–Kier alpha value is -4.20. The van der Waals surface area contributed by atoms with E-state index in [9.17, 15) is 0 Å². The lowest BCUT2D eigenvalue weighted by Crippen LogP contribution is -1.91. The molecule has 0 aliphatic carbocycles. The summed E-state index contributed by atoms with van der Waals surface area (Å²) in [5, 5.41) is 7.67. The fourth-order valence-corrected chi connectivity index (χ4v) is 5.91. The van der Waals surface area contributed by atoms with Crippen molar-refractivity contribution in [3.05, 3.63) is 144 Å². The molecule has 0 N–H and O–H groups in total. The van der Waals surface area contributed by atoms with Crippen LogP contribution in [0, 0.1) is 0 Å². The van der Waals surface area contributed by atoms with Crippen molar-refractivity contribution in [1.82, 2.24) is 0 Å². The van der Waals surface area contributed by atoms with Crippen LogP contribution >= 0.6 is 15.9 Å². The van der Waals surface area contributed by atoms with Crippen LogP contribution in [0.25, 0.3) is 65.7 Å². The van der Waals surface area contributed by atoms with Crippen LogP contribution in [0.1, 0.15) is 0 Å². The number of halogens is 1. The molecule has 1 heteroatoms. The van der Waals surface area contributed by atoms with Gasteiger partial charge in [0.2, 0.25) is 0 Å². The largest absolute Gasteiger partial charge is 0.0616 e. The van der Waals surface area contributed by atoms with Gasteiger partial charge in [0, 0.05) is 4.47 Å². The summed E-state index contributed by atoms with van der Waals surface area (Å²) in [5.74, 6) is 0. The molecule has 0 unspecified atom stereocenters. The summed E-state index contributed by atoms with van der Waals surface area (Å²) in [6, 6.07) is 50.6. The third-order valence-corrected chi connectivity index (χ3v) is 7.87. The summed E-state index contributed by atoms with van der Waals surface area (Å²) >= 11 is 3.54. The predicted molar refractivity (Wildman–Crippen MR) is 163 cm³/mol. The van der Waals surface area contributed by atoms with Crippen LogP contribution < -0.4 is 0 Å². The Morgan fingerprint density at radius 1 is 0.324 bits per heavy atom. The number of benzene rings is 7. The van der Waals surface area contributed by atoms with Crippen LogP contribution in [-0.4, -0.2) is 0 Å². The zero-order valence-electron chi connectivity index (χ0n) is 20.2. The fourth-order valence-electron chi connectivity index (χ4n) is 5.64. The van der Waals surface area contributed by atoms with E-state index in [2.05, 4.69) is 155 Å². The minimum atomic E-state index is 1.09. The summed E-state index contributed by atoms with van der Waals surface area (Å²) in [4.78, 5) is 0. The van der Waals surface area contributed by atoms with E-state index in [0.29, 0.717) is 0 Å². The monoisotopic (exact) mass is 534 g/mol. The molecular formula is C36H23Br. The second kappa shape index (κ2) is 9.03. The molecule has 0 radical (unpaired) electrons. The molecular weight excluding hydrogens is 512 g/mol. The Balaban J connectivity index is 1.51. The highest BCUT2D eigenvalue weighted by atomic mass is 79.9. The van der Waals surface area contributed by atoms with Crippen LogP contribution in [0.5, 0.6) is 0 Å². The number of rotatable bonds is 3. The van der Waals surface area contributed by atoms with Gasteiger partial charge in [-0.2, -0.15) is 0 Å². The van der Waals surface area contributed by atoms with Gasteiger partial charge in [0.1, 0.15) is 0 Å². The van der Waals surface area contributed by atoms with Gasteiger partial charge in [0.15, 0.2) is 0 Å². The highest BCUT2D eigenvalue weighted by molar-refractivity contribution is 9.10. The first-order chi connectivity index (χ1) is 18.3. The standard InChI is InChI=1S/C36H23Br/c37-28-22-20-25(21-23-28)24-16-18-27(19-17-24)35-31-11-3-5-13-33(31)36(34-14-6-4-12-32(34)35)30-15-7-9-26-8-1-2-10-29(26)30/h1-23H. The van der Waals surface area contributed by atoms with Crippen molar-refractivity contribution < 1.29 is 0 Å². The van der Waals surface area contributed by atoms with Crippen LogP contribution in [0.4, 0.5) is 0 Å². The summed E-state index contributed by atoms with van der Waals surface area (Å²) < 4.78 is 1.09. The number of fused-ring (bicyclic) bond motifs is 3. The lowest BCUT2D eigenvalue weighted by atomic mass is 9.84. The summed E-state index contributed by atoms with van der Waals surface area (Å²) in [6.07, 6.45) is 0. The molecule has 0 nitrogen and oxygen atoms in total. The molecule has 7 aromatic carbocycles. The minimum absolute atomic E-state index is 1.09. The molecule has 7 aromatic rings. The first kappa shape index (κ1) is 22.0. The van der Waals surface area contributed by atoms with Crippen LogP contribution in [0.15, 0.2) is 144 Å². The quantitative estimate of drug-likeness (QED) is 0.198. The van der Waals surface area contributed by atoms with Gasteiger partial charge < -0.3 is 0 Å². The third-order valence-electron chi connectivity index (χ3n) is 7.34. The van der Waals surface area contributed by atoms with Gasteiger partial charge in [-0.05, 0) is 77.8 Å². The third kappa shape index (κ3) is 3.75. The fraction of sp³-hybridized carbons (Fsp3) is 0. The smallest absolute Gasteiger partial charge is 0.0175 e. The molecule has 0 aromatic heterocycles. The van der Waals surface area contributed by atoms with Crippen molar-refractivity contribution in [2.24, 2.45) is 0 Å². The zero-order valence-corrected chi connectivity index (χ0v) is 21.7. The van der Waals surface area contributed by atoms with E-state index in [1.54, 1.807) is 0 Å². The van der Waals surface area contributed by atoms with Crippen LogP contribution in [0.2, 0.25) is 0 Å². The molecule has 0 aliphatic rings. The first-order valence-electron chi connectivity index (χ1n) is 12.6. The van der Waals surface area contributed by atoms with Gasteiger partial charge in [-0.3, -0.25) is 0 Å². The maximum absolute atomic E-state index is 3.54. The molecule has 0 saturated carbocycles. The molecule has 0 atom stereocenters. The molecule has 37 heavy (non-hydrogen) atoms. The molecule has 174 valence electrons. The zero-order chi connectivity index (χ0) is 24.8. The van der Waals surface area contributed by atoms with Gasteiger partial charge in [-0.25, -0.2) is 0 Å². The number of hydrogen-bond acceptors (Lipinski definition) is 0. The maximum Gasteiger partial charge on any atom is 0.0175 e. The second-order valence-corrected chi connectivity index (χ2v) is 10.4. The Morgan fingerprint density at radius 3 is 1.35 bits per heavy atom. The van der Waals surface area contributed by atoms with Gasteiger partial charge in [0.25, 0.3) is 0 Å². The molecule has 7 rings (SSSR count). The predicted octanol–water partition coefficient (Wildman–Crippen LogP) is 10.9. The normalized spacial score (nSPS) is 11.4. The molecule has 0 saturated heterocycles. The average molecular weight is 535 g/mol. The molecule has 0 aliphatic heterocycles. The highest BCUT2D eigenvalue weighted by Crippen LogP contribution is 2.45. The molecule has 0 bridgehead atoms. The first-order valence-corrected chi connectivity index (χ1v) is 13.4. The Kier molecular flexibility index (Phi) is 5.38. The van der Waals surface area contributed by atoms with Gasteiger partial charge in [-0.15, -0.1) is 0 Å². The van der Waals surface area contributed by atoms with Crippen molar-refractivity contribution in [2.75, 3.05) is 0 Å². The van der Waals surface area contributed by atoms with Crippen molar-refractivity contribution in [3.63, 3.8) is 0 Å². The van der Waals surface area contributed by atoms with Crippen molar-refractivity contribution in [2.45, 2.75) is 0 Å². The van der Waals surface area contributed by atoms with Crippen LogP contribution in [0.3, 0.4) is 0 Å². The lowest BCUT2D eigenvalue weighted by molar-refractivity contribution is 1.59. The minimum Gasteiger partial charge on any atom is -0.0616 e. The topological polar surface area (TPSA) is 0 Å². The molecule has 0 spiro atoms. The average Bonchev–Trinajstić information content (AvgIpc) is 2.96. The Labute approximate surface area is 225 Å². The summed E-state index contributed by atoms with van der Waals surface area (Å²) in [5.41, 5.74) is 7.55. The van der Waals surface area contributed by atoms with Crippen molar-refractivity contribution in [3.8, 4) is 33.4 Å². The lowest BCUT2D eigenvalue weighted by Gasteiger charge is -2.19. The second-order valence-electron chi connectivity index (χ2n) is 9.45. The maximum atomic E-state index is 3.54. The van der Waals surface area contributed by atoms with E-state index in [4.69, 9.17) is 0 Å². The van der Waals surface area contributed by atoms with Gasteiger partial charge in [-0.1, -0.05) is 143 Å². The summed E-state index contributed by atoms with van der Waals surface area (Å²) in [7, 11) is 0. The number of hydrogen-bond donors (Lipinski definition) is 0. The van der Waals surface area contributed by atoms with Crippen molar-refractivity contribution in [1.29, 1.82) is 0 Å². The molecule has 0 fully saturated rings. The van der Waals surface area contributed by atoms with Gasteiger partial charge >= 0.3 is 0 Å². The van der Waals surface area contributed by atoms with E-state index in [1.165, 1.54) is 65.7 Å². The molecule has 0 heterocycles. The highest BCUT2D eigenvalue weighted by Gasteiger charge is 2.17. The van der Waals surface area contributed by atoms with E-state index in [0.717, 1.165) is 4.47 Å². The van der Waals surface area contributed by atoms with E-state index < -0.39 is 0 Å². The Morgan fingerprint density at radius 2 is 0.757 bits per heavy atom.